The molecular weight excluding hydrogens is 587 g/mol. The highest BCUT2D eigenvalue weighted by molar-refractivity contribution is 8.01. The molecule has 0 spiro atoms. The van der Waals surface area contributed by atoms with E-state index in [0.717, 1.165) is 5.01 Å². The van der Waals surface area contributed by atoms with Gasteiger partial charge in [-0.1, -0.05) is 63.7 Å². The van der Waals surface area contributed by atoms with Crippen molar-refractivity contribution >= 4 is 79.6 Å². The Balaban J connectivity index is 1.45. The van der Waals surface area contributed by atoms with Crippen LogP contribution in [0.3, 0.4) is 0 Å². The molecule has 15 heteroatoms. The fraction of sp³-hybridized carbons (Fsp3) is 0.261. The van der Waals surface area contributed by atoms with E-state index < -0.39 is 5.92 Å². The Morgan fingerprint density at radius 1 is 1.24 bits per heavy atom. The van der Waals surface area contributed by atoms with Crippen molar-refractivity contribution < 1.29 is 9.59 Å². The second-order valence-corrected chi connectivity index (χ2v) is 12.5. The first kappa shape index (κ1) is 26.6. The van der Waals surface area contributed by atoms with Gasteiger partial charge in [-0.15, -0.1) is 20.4 Å². The maximum Gasteiger partial charge on any atom is 0.236 e. The second-order valence-electron chi connectivity index (χ2n) is 8.30. The Hall–Kier alpha value is -3.02. The molecule has 1 aliphatic heterocycles. The molecule has 3 aromatic rings. The number of aryl methyl sites for hydroxylation is 1. The van der Waals surface area contributed by atoms with Gasteiger partial charge in [-0.3, -0.25) is 19.8 Å². The third-order valence-corrected chi connectivity index (χ3v) is 9.41. The van der Waals surface area contributed by atoms with Crippen LogP contribution in [0.2, 0.25) is 10.0 Å². The lowest BCUT2D eigenvalue weighted by Gasteiger charge is -2.38. The van der Waals surface area contributed by atoms with Crippen LogP contribution in [-0.4, -0.2) is 37.8 Å². The van der Waals surface area contributed by atoms with Gasteiger partial charge in [0.1, 0.15) is 10.8 Å². The molecule has 38 heavy (non-hydrogen) atoms. The number of aromatic nitrogens is 4. The summed E-state index contributed by atoms with van der Waals surface area (Å²) in [5, 5.41) is 31.4. The van der Waals surface area contributed by atoms with Gasteiger partial charge >= 0.3 is 0 Å². The van der Waals surface area contributed by atoms with Crippen LogP contribution in [0.15, 0.2) is 45.2 Å². The lowest BCUT2D eigenvalue weighted by Crippen LogP contribution is -2.38. The summed E-state index contributed by atoms with van der Waals surface area (Å²) >= 11 is 16.1. The summed E-state index contributed by atoms with van der Waals surface area (Å²) in [6.45, 7) is 1.80. The van der Waals surface area contributed by atoms with Crippen molar-refractivity contribution in [3.05, 3.63) is 61.5 Å². The van der Waals surface area contributed by atoms with E-state index in [9.17, 15) is 14.9 Å². The number of carbonyl (C=O) groups excluding carboxylic acids is 2. The first-order valence-electron chi connectivity index (χ1n) is 11.2. The molecular formula is C23H18Cl2N8O2S3. The first-order valence-corrected chi connectivity index (χ1v) is 14.6. The van der Waals surface area contributed by atoms with Crippen molar-refractivity contribution in [3.63, 3.8) is 0 Å². The SMILES string of the molecule is Cc1nnc(NC(=O)CSc2nnc(N3C(N)=C(C#N)C(c4ccc(Cl)c(Cl)c4)C4=C3CCCC4=O)s2)s1. The molecule has 1 unspecified atom stereocenters. The highest BCUT2D eigenvalue weighted by Crippen LogP contribution is 2.47. The number of allylic oxidation sites excluding steroid dienone is 3. The summed E-state index contributed by atoms with van der Waals surface area (Å²) < 4.78 is 0.533. The maximum atomic E-state index is 13.2. The molecule has 0 saturated heterocycles. The lowest BCUT2D eigenvalue weighted by atomic mass is 9.76. The molecule has 1 aromatic carbocycles. The van der Waals surface area contributed by atoms with E-state index in [4.69, 9.17) is 28.9 Å². The quantitative estimate of drug-likeness (QED) is 0.366. The van der Waals surface area contributed by atoms with Gasteiger partial charge in [0.2, 0.25) is 16.2 Å². The molecule has 10 nitrogen and oxygen atoms in total. The third kappa shape index (κ3) is 5.14. The summed E-state index contributed by atoms with van der Waals surface area (Å²) in [5.41, 5.74) is 8.63. The molecule has 0 saturated carbocycles. The summed E-state index contributed by atoms with van der Waals surface area (Å²) in [5.74, 6) is -0.708. The summed E-state index contributed by atoms with van der Waals surface area (Å²) in [4.78, 5) is 27.2. The Morgan fingerprint density at radius 3 is 2.76 bits per heavy atom. The van der Waals surface area contributed by atoms with Gasteiger partial charge < -0.3 is 5.73 Å². The third-order valence-electron chi connectivity index (χ3n) is 5.88. The number of rotatable bonds is 6. The summed E-state index contributed by atoms with van der Waals surface area (Å²) in [7, 11) is 0. The number of ketones is 1. The number of halogens is 2. The number of thioether (sulfide) groups is 1. The van der Waals surface area contributed by atoms with Gasteiger partial charge in [0.15, 0.2) is 10.1 Å². The predicted octanol–water partition coefficient (Wildman–Crippen LogP) is 5.04. The van der Waals surface area contributed by atoms with Gasteiger partial charge in [-0.25, -0.2) is 0 Å². The number of carbonyl (C=O) groups is 2. The van der Waals surface area contributed by atoms with E-state index in [0.29, 0.717) is 60.7 Å². The fourth-order valence-electron chi connectivity index (χ4n) is 4.31. The molecule has 3 N–H and O–H groups in total. The Kier molecular flexibility index (Phi) is 7.69. The zero-order valence-electron chi connectivity index (χ0n) is 19.7. The van der Waals surface area contributed by atoms with Crippen molar-refractivity contribution in [3.8, 4) is 6.07 Å². The summed E-state index contributed by atoms with van der Waals surface area (Å²) in [6.07, 6.45) is 1.58. The van der Waals surface area contributed by atoms with Gasteiger partial charge in [0.25, 0.3) is 0 Å². The standard InChI is InChI=1S/C23H18Cl2N8O2S3/c1-10-29-30-21(37-10)28-17(35)9-36-23-32-31-22(38-23)33-15-3-2-4-16(34)19(15)18(12(8-26)20(33)27)11-5-6-13(24)14(25)7-11/h5-7,18H,2-4,9,27H2,1H3,(H,28,30,35). The van der Waals surface area contributed by atoms with Crippen molar-refractivity contribution in [2.24, 2.45) is 5.73 Å². The maximum absolute atomic E-state index is 13.2. The number of nitrogens with one attached hydrogen (secondary N) is 1. The van der Waals surface area contributed by atoms with E-state index in [1.807, 2.05) is 0 Å². The molecule has 1 aliphatic carbocycles. The topological polar surface area (TPSA) is 151 Å². The number of nitrogens with zero attached hydrogens (tertiary/aromatic N) is 6. The molecule has 3 heterocycles. The number of benzene rings is 1. The monoisotopic (exact) mass is 604 g/mol. The number of anilines is 2. The zero-order valence-corrected chi connectivity index (χ0v) is 23.7. The highest BCUT2D eigenvalue weighted by Gasteiger charge is 2.41. The molecule has 5 rings (SSSR count). The summed E-state index contributed by atoms with van der Waals surface area (Å²) in [6, 6.07) is 7.25. The van der Waals surface area contributed by atoms with E-state index in [-0.39, 0.29) is 28.8 Å². The zero-order chi connectivity index (χ0) is 27.0. The number of amides is 1. The van der Waals surface area contributed by atoms with E-state index in [1.165, 1.54) is 34.4 Å². The van der Waals surface area contributed by atoms with Gasteiger partial charge in [0, 0.05) is 17.7 Å². The van der Waals surface area contributed by atoms with Crippen LogP contribution in [0.4, 0.5) is 10.3 Å². The molecule has 1 atom stereocenters. The Bertz CT molecular complexity index is 1560. The van der Waals surface area contributed by atoms with E-state index in [2.05, 4.69) is 31.8 Å². The average Bonchev–Trinajstić information content (AvgIpc) is 3.52. The van der Waals surface area contributed by atoms with E-state index >= 15 is 0 Å². The predicted molar refractivity (Wildman–Crippen MR) is 148 cm³/mol. The minimum Gasteiger partial charge on any atom is -0.384 e. The van der Waals surface area contributed by atoms with Crippen LogP contribution in [0.1, 0.15) is 35.8 Å². The minimum atomic E-state index is -0.664. The van der Waals surface area contributed by atoms with Crippen LogP contribution < -0.4 is 16.0 Å². The van der Waals surface area contributed by atoms with Gasteiger partial charge in [-0.2, -0.15) is 5.26 Å². The molecule has 1 amide bonds. The van der Waals surface area contributed by atoms with E-state index in [1.54, 1.807) is 30.0 Å². The van der Waals surface area contributed by atoms with Crippen LogP contribution in [-0.2, 0) is 9.59 Å². The number of Topliss-reactive ketones (excluding diaryl/α,β-unsaturated/α-hetero) is 1. The van der Waals surface area contributed by atoms with Crippen molar-refractivity contribution in [1.29, 1.82) is 5.26 Å². The van der Waals surface area contributed by atoms with Crippen LogP contribution in [0.25, 0.3) is 0 Å². The molecule has 194 valence electrons. The van der Waals surface area contributed by atoms with Gasteiger partial charge in [0.05, 0.1) is 33.4 Å². The molecule has 0 fully saturated rings. The van der Waals surface area contributed by atoms with Crippen LogP contribution in [0, 0.1) is 18.3 Å². The second kappa shape index (κ2) is 11.0. The highest BCUT2D eigenvalue weighted by atomic mass is 35.5. The van der Waals surface area contributed by atoms with Crippen molar-refractivity contribution in [2.45, 2.75) is 36.4 Å². The molecule has 0 bridgehead atoms. The Labute approximate surface area is 239 Å². The van der Waals surface area contributed by atoms with Crippen molar-refractivity contribution in [1.82, 2.24) is 20.4 Å². The minimum absolute atomic E-state index is 0.0599. The average molecular weight is 606 g/mol. The number of hydrogen-bond acceptors (Lipinski definition) is 12. The number of hydrogen-bond donors (Lipinski definition) is 2. The molecule has 2 aromatic heterocycles. The van der Waals surface area contributed by atoms with Crippen molar-refractivity contribution in [2.75, 3.05) is 16.0 Å². The van der Waals surface area contributed by atoms with Crippen LogP contribution >= 0.6 is 57.6 Å². The lowest BCUT2D eigenvalue weighted by molar-refractivity contribution is -0.116. The largest absolute Gasteiger partial charge is 0.384 e. The van der Waals surface area contributed by atoms with Gasteiger partial charge in [-0.05, 0) is 37.5 Å². The van der Waals surface area contributed by atoms with Crippen LogP contribution in [0.5, 0.6) is 0 Å². The number of nitrogens with two attached hydrogens (primary N) is 1. The fourth-order valence-corrected chi connectivity index (χ4v) is 6.91. The normalized spacial score (nSPS) is 17.5. The molecule has 0 radical (unpaired) electrons. The smallest absolute Gasteiger partial charge is 0.236 e. The Morgan fingerprint density at radius 2 is 2.05 bits per heavy atom. The number of nitriles is 1. The molecule has 2 aliphatic rings. The first-order chi connectivity index (χ1) is 18.3.